The number of hydrogen-bond acceptors (Lipinski definition) is 2. The molecule has 2 aliphatic rings. The summed E-state index contributed by atoms with van der Waals surface area (Å²) in [6, 6.07) is 2.25. The number of pyridine rings is 1. The molecule has 19 heavy (non-hydrogen) atoms. The van der Waals surface area contributed by atoms with Gasteiger partial charge < -0.3 is 0 Å². The Balaban J connectivity index is 1.62. The lowest BCUT2D eigenvalue weighted by Gasteiger charge is -2.20. The van der Waals surface area contributed by atoms with E-state index in [9.17, 15) is 0 Å². The van der Waals surface area contributed by atoms with Gasteiger partial charge in [-0.3, -0.25) is 9.88 Å². The van der Waals surface area contributed by atoms with E-state index in [-0.39, 0.29) is 0 Å². The van der Waals surface area contributed by atoms with Crippen LogP contribution in [0.25, 0.3) is 0 Å². The maximum absolute atomic E-state index is 4.30. The molecule has 0 bridgehead atoms. The number of likely N-dealkylation sites (tertiary alicyclic amines) is 1. The third-order valence-electron chi connectivity index (χ3n) is 4.11. The van der Waals surface area contributed by atoms with Crippen LogP contribution < -0.4 is 0 Å². The first kappa shape index (κ1) is 12.6. The third kappa shape index (κ3) is 3.13. The Morgan fingerprint density at radius 2 is 2.11 bits per heavy atom. The van der Waals surface area contributed by atoms with Crippen LogP contribution in [0.1, 0.15) is 36.3 Å². The minimum Gasteiger partial charge on any atom is -0.299 e. The molecule has 3 rings (SSSR count). The summed E-state index contributed by atoms with van der Waals surface area (Å²) in [4.78, 5) is 6.86. The Bertz CT molecular complexity index is 496. The first-order valence-corrected chi connectivity index (χ1v) is 7.32. The summed E-state index contributed by atoms with van der Waals surface area (Å²) in [5, 5.41) is 0. The predicted octanol–water partition coefficient (Wildman–Crippen LogP) is 3.46. The summed E-state index contributed by atoms with van der Waals surface area (Å²) in [5.74, 6) is 0.509. The van der Waals surface area contributed by atoms with Crippen molar-refractivity contribution < 1.29 is 0 Å². The van der Waals surface area contributed by atoms with Gasteiger partial charge in [0.2, 0.25) is 0 Å². The molecular weight excluding hydrogens is 232 g/mol. The molecule has 0 aromatic carbocycles. The summed E-state index contributed by atoms with van der Waals surface area (Å²) in [6.07, 6.45) is 14.8. The molecule has 2 heterocycles. The molecular formula is C17H22N2. The van der Waals surface area contributed by atoms with Crippen molar-refractivity contribution in [1.82, 2.24) is 9.88 Å². The van der Waals surface area contributed by atoms with Gasteiger partial charge in [0, 0.05) is 24.9 Å². The SMILES string of the molecule is Cc1cncc(C2C=CC(CN3CCCC3)=CC2)c1. The molecule has 0 spiro atoms. The number of hydrogen-bond donors (Lipinski definition) is 0. The molecule has 0 saturated carbocycles. The number of allylic oxidation sites excluding steroid dienone is 2. The summed E-state index contributed by atoms with van der Waals surface area (Å²) in [6.45, 7) is 5.79. The second-order valence-electron chi connectivity index (χ2n) is 5.76. The largest absolute Gasteiger partial charge is 0.299 e. The van der Waals surface area contributed by atoms with E-state index in [0.29, 0.717) is 5.92 Å². The zero-order valence-electron chi connectivity index (χ0n) is 11.7. The van der Waals surface area contributed by atoms with Crippen LogP contribution in [0.5, 0.6) is 0 Å². The van der Waals surface area contributed by atoms with Gasteiger partial charge in [-0.1, -0.05) is 24.3 Å². The molecule has 1 fully saturated rings. The third-order valence-corrected chi connectivity index (χ3v) is 4.11. The average Bonchev–Trinajstić information content (AvgIpc) is 2.92. The molecule has 1 atom stereocenters. The lowest BCUT2D eigenvalue weighted by atomic mass is 9.90. The van der Waals surface area contributed by atoms with Crippen molar-refractivity contribution in [2.75, 3.05) is 19.6 Å². The maximum atomic E-state index is 4.30. The first-order chi connectivity index (χ1) is 9.31. The Labute approximate surface area is 115 Å². The molecule has 0 amide bonds. The fourth-order valence-electron chi connectivity index (χ4n) is 3.01. The molecule has 1 aliphatic carbocycles. The number of aromatic nitrogens is 1. The van der Waals surface area contributed by atoms with Gasteiger partial charge >= 0.3 is 0 Å². The quantitative estimate of drug-likeness (QED) is 0.821. The van der Waals surface area contributed by atoms with E-state index in [0.717, 1.165) is 13.0 Å². The molecule has 2 nitrogen and oxygen atoms in total. The molecule has 100 valence electrons. The standard InChI is InChI=1S/C17H22N2/c1-14-10-17(12-18-11-14)16-6-4-15(5-7-16)13-19-8-2-3-9-19/h4-6,10-12,16H,2-3,7-9,13H2,1H3. The number of rotatable bonds is 3. The van der Waals surface area contributed by atoms with Gasteiger partial charge in [0.05, 0.1) is 0 Å². The van der Waals surface area contributed by atoms with Crippen LogP contribution in [0.15, 0.2) is 42.3 Å². The van der Waals surface area contributed by atoms with Gasteiger partial charge in [0.15, 0.2) is 0 Å². The van der Waals surface area contributed by atoms with E-state index >= 15 is 0 Å². The highest BCUT2D eigenvalue weighted by molar-refractivity contribution is 5.33. The fraction of sp³-hybridized carbons (Fsp3) is 0.471. The second kappa shape index (κ2) is 5.70. The van der Waals surface area contributed by atoms with Crippen molar-refractivity contribution in [3.63, 3.8) is 0 Å². The minimum atomic E-state index is 0.509. The Kier molecular flexibility index (Phi) is 3.79. The molecule has 1 aromatic rings. The molecule has 1 saturated heterocycles. The van der Waals surface area contributed by atoms with Crippen LogP contribution in [-0.4, -0.2) is 29.5 Å². The normalized spacial score (nSPS) is 23.6. The fourth-order valence-corrected chi connectivity index (χ4v) is 3.01. The van der Waals surface area contributed by atoms with E-state index < -0.39 is 0 Å². The highest BCUT2D eigenvalue weighted by Crippen LogP contribution is 2.27. The summed E-state index contributed by atoms with van der Waals surface area (Å²) >= 11 is 0. The van der Waals surface area contributed by atoms with E-state index in [2.05, 4.69) is 41.1 Å². The Morgan fingerprint density at radius 3 is 2.79 bits per heavy atom. The summed E-state index contributed by atoms with van der Waals surface area (Å²) < 4.78 is 0. The first-order valence-electron chi connectivity index (χ1n) is 7.32. The van der Waals surface area contributed by atoms with Crippen molar-refractivity contribution >= 4 is 0 Å². The van der Waals surface area contributed by atoms with Gasteiger partial charge in [0.25, 0.3) is 0 Å². The van der Waals surface area contributed by atoms with E-state index in [1.165, 1.54) is 42.6 Å². The van der Waals surface area contributed by atoms with Crippen molar-refractivity contribution in [3.05, 3.63) is 53.4 Å². The lowest BCUT2D eigenvalue weighted by Crippen LogP contribution is -2.22. The topological polar surface area (TPSA) is 16.1 Å². The maximum Gasteiger partial charge on any atom is 0.0306 e. The van der Waals surface area contributed by atoms with Crippen molar-refractivity contribution in [3.8, 4) is 0 Å². The molecule has 1 aromatic heterocycles. The van der Waals surface area contributed by atoms with Crippen LogP contribution in [0.2, 0.25) is 0 Å². The molecule has 0 N–H and O–H groups in total. The minimum absolute atomic E-state index is 0.509. The summed E-state index contributed by atoms with van der Waals surface area (Å²) in [7, 11) is 0. The molecule has 0 radical (unpaired) electrons. The molecule has 1 unspecified atom stereocenters. The van der Waals surface area contributed by atoms with Crippen LogP contribution >= 0.6 is 0 Å². The lowest BCUT2D eigenvalue weighted by molar-refractivity contribution is 0.370. The number of aryl methyl sites for hydroxylation is 1. The highest BCUT2D eigenvalue weighted by Gasteiger charge is 2.15. The van der Waals surface area contributed by atoms with Gasteiger partial charge in [-0.2, -0.15) is 0 Å². The van der Waals surface area contributed by atoms with Gasteiger partial charge in [-0.05, 0) is 56.0 Å². The van der Waals surface area contributed by atoms with Crippen molar-refractivity contribution in [2.24, 2.45) is 0 Å². The van der Waals surface area contributed by atoms with Gasteiger partial charge in [0.1, 0.15) is 0 Å². The summed E-state index contributed by atoms with van der Waals surface area (Å²) in [5.41, 5.74) is 4.07. The van der Waals surface area contributed by atoms with Crippen molar-refractivity contribution in [1.29, 1.82) is 0 Å². The van der Waals surface area contributed by atoms with Crippen LogP contribution in [0.3, 0.4) is 0 Å². The van der Waals surface area contributed by atoms with Crippen molar-refractivity contribution in [2.45, 2.75) is 32.1 Å². The average molecular weight is 254 g/mol. The van der Waals surface area contributed by atoms with Gasteiger partial charge in [-0.25, -0.2) is 0 Å². The van der Waals surface area contributed by atoms with Crippen LogP contribution in [0.4, 0.5) is 0 Å². The monoisotopic (exact) mass is 254 g/mol. The second-order valence-corrected chi connectivity index (χ2v) is 5.76. The highest BCUT2D eigenvalue weighted by atomic mass is 15.1. The smallest absolute Gasteiger partial charge is 0.0306 e. The van der Waals surface area contributed by atoms with Gasteiger partial charge in [-0.15, -0.1) is 0 Å². The van der Waals surface area contributed by atoms with E-state index in [1.54, 1.807) is 0 Å². The van der Waals surface area contributed by atoms with Crippen LogP contribution in [0, 0.1) is 6.92 Å². The number of nitrogens with zero attached hydrogens (tertiary/aromatic N) is 2. The zero-order chi connectivity index (χ0) is 13.1. The Morgan fingerprint density at radius 1 is 1.26 bits per heavy atom. The molecule has 2 heteroatoms. The molecule has 1 aliphatic heterocycles. The van der Waals surface area contributed by atoms with E-state index in [1.807, 2.05) is 12.4 Å². The predicted molar refractivity (Wildman–Crippen MR) is 79.2 cm³/mol. The van der Waals surface area contributed by atoms with E-state index in [4.69, 9.17) is 0 Å². The Hall–Kier alpha value is -1.41. The zero-order valence-corrected chi connectivity index (χ0v) is 11.7. The van der Waals surface area contributed by atoms with Crippen LogP contribution in [-0.2, 0) is 0 Å².